The monoisotopic (exact) mass is 277 g/mol. The van der Waals surface area contributed by atoms with Crippen molar-refractivity contribution >= 4 is 11.4 Å². The standard InChI is InChI=1S/C13H12FN3O3/c14-10-3-1-9(2-4-10)8-20-13-7-11(16-15)5-6-12(13)17(18)19/h1-7,16H,8,15H2. The Morgan fingerprint density at radius 3 is 2.55 bits per heavy atom. The molecule has 0 radical (unpaired) electrons. The van der Waals surface area contributed by atoms with E-state index in [4.69, 9.17) is 10.6 Å². The number of nitrogens with zero attached hydrogens (tertiary/aromatic N) is 1. The summed E-state index contributed by atoms with van der Waals surface area (Å²) in [5.41, 5.74) is 3.42. The number of rotatable bonds is 5. The van der Waals surface area contributed by atoms with Crippen LogP contribution >= 0.6 is 0 Å². The first-order chi connectivity index (χ1) is 9.60. The second kappa shape index (κ2) is 5.98. The molecular weight excluding hydrogens is 265 g/mol. The van der Waals surface area contributed by atoms with Crippen LogP contribution in [0.3, 0.4) is 0 Å². The Balaban J connectivity index is 2.18. The van der Waals surface area contributed by atoms with Gasteiger partial charge in [0.05, 0.1) is 10.6 Å². The Labute approximate surface area is 114 Å². The third kappa shape index (κ3) is 3.21. The average Bonchev–Trinajstić information content (AvgIpc) is 2.46. The first-order valence-corrected chi connectivity index (χ1v) is 5.72. The normalized spacial score (nSPS) is 10.1. The number of nitro groups is 1. The molecule has 20 heavy (non-hydrogen) atoms. The summed E-state index contributed by atoms with van der Waals surface area (Å²) in [7, 11) is 0. The Morgan fingerprint density at radius 2 is 1.95 bits per heavy atom. The summed E-state index contributed by atoms with van der Waals surface area (Å²) in [6.45, 7) is 0.0924. The van der Waals surface area contributed by atoms with E-state index in [1.165, 1.54) is 30.3 Å². The molecule has 2 rings (SSSR count). The first-order valence-electron chi connectivity index (χ1n) is 5.72. The summed E-state index contributed by atoms with van der Waals surface area (Å²) < 4.78 is 18.2. The van der Waals surface area contributed by atoms with Crippen LogP contribution in [0.1, 0.15) is 5.56 Å². The van der Waals surface area contributed by atoms with Crippen molar-refractivity contribution in [3.05, 3.63) is 64.0 Å². The van der Waals surface area contributed by atoms with Gasteiger partial charge in [0.2, 0.25) is 0 Å². The van der Waals surface area contributed by atoms with Gasteiger partial charge in [-0.1, -0.05) is 12.1 Å². The van der Waals surface area contributed by atoms with E-state index < -0.39 is 4.92 Å². The van der Waals surface area contributed by atoms with Gasteiger partial charge in [-0.3, -0.25) is 16.0 Å². The highest BCUT2D eigenvalue weighted by Gasteiger charge is 2.15. The molecule has 0 aliphatic rings. The van der Waals surface area contributed by atoms with E-state index in [0.717, 1.165) is 0 Å². The zero-order valence-electron chi connectivity index (χ0n) is 10.4. The second-order valence-electron chi connectivity index (χ2n) is 4.00. The van der Waals surface area contributed by atoms with E-state index in [2.05, 4.69) is 5.43 Å². The SMILES string of the molecule is NNc1ccc([N+](=O)[O-])c(OCc2ccc(F)cc2)c1. The highest BCUT2D eigenvalue weighted by molar-refractivity contribution is 5.57. The molecule has 0 atom stereocenters. The smallest absolute Gasteiger partial charge is 0.311 e. The van der Waals surface area contributed by atoms with Crippen molar-refractivity contribution in [2.75, 3.05) is 5.43 Å². The molecule has 0 aliphatic carbocycles. The number of anilines is 1. The largest absolute Gasteiger partial charge is 0.482 e. The van der Waals surface area contributed by atoms with Crippen LogP contribution in [0.15, 0.2) is 42.5 Å². The maximum atomic E-state index is 12.8. The van der Waals surface area contributed by atoms with Crippen LogP contribution in [0.4, 0.5) is 15.8 Å². The minimum absolute atomic E-state index is 0.0924. The number of ether oxygens (including phenoxy) is 1. The number of halogens is 1. The number of nitrogens with one attached hydrogen (secondary N) is 1. The fourth-order valence-electron chi connectivity index (χ4n) is 1.61. The predicted octanol–water partition coefficient (Wildman–Crippen LogP) is 2.60. The third-order valence-corrected chi connectivity index (χ3v) is 2.63. The molecule has 0 heterocycles. The van der Waals surface area contributed by atoms with Crippen LogP contribution in [0.2, 0.25) is 0 Å². The lowest BCUT2D eigenvalue weighted by Gasteiger charge is -2.08. The van der Waals surface area contributed by atoms with Gasteiger partial charge in [0.25, 0.3) is 0 Å². The van der Waals surface area contributed by atoms with Gasteiger partial charge in [0.15, 0.2) is 5.75 Å². The molecule has 0 unspecified atom stereocenters. The Bertz CT molecular complexity index is 617. The fraction of sp³-hybridized carbons (Fsp3) is 0.0769. The number of hydrogen-bond donors (Lipinski definition) is 2. The van der Waals surface area contributed by atoms with Crippen LogP contribution < -0.4 is 16.0 Å². The maximum Gasteiger partial charge on any atom is 0.311 e. The van der Waals surface area contributed by atoms with Crippen molar-refractivity contribution in [2.45, 2.75) is 6.61 Å². The quantitative estimate of drug-likeness (QED) is 0.498. The minimum Gasteiger partial charge on any atom is -0.482 e. The Morgan fingerprint density at radius 1 is 1.25 bits per heavy atom. The molecule has 3 N–H and O–H groups in total. The summed E-state index contributed by atoms with van der Waals surface area (Å²) in [6, 6.07) is 9.90. The molecule has 6 nitrogen and oxygen atoms in total. The molecule has 0 saturated heterocycles. The Kier molecular flexibility index (Phi) is 4.11. The summed E-state index contributed by atoms with van der Waals surface area (Å²) in [5.74, 6) is 4.99. The molecule has 0 spiro atoms. The molecule has 0 aliphatic heterocycles. The highest BCUT2D eigenvalue weighted by Crippen LogP contribution is 2.30. The topological polar surface area (TPSA) is 90.4 Å². The van der Waals surface area contributed by atoms with Crippen LogP contribution in [0.25, 0.3) is 0 Å². The minimum atomic E-state index is -0.541. The lowest BCUT2D eigenvalue weighted by Crippen LogP contribution is -2.07. The zero-order valence-corrected chi connectivity index (χ0v) is 10.4. The Hall–Kier alpha value is -2.67. The molecule has 0 fully saturated rings. The van der Waals surface area contributed by atoms with E-state index in [1.54, 1.807) is 12.1 Å². The molecule has 104 valence electrons. The lowest BCUT2D eigenvalue weighted by atomic mass is 10.2. The van der Waals surface area contributed by atoms with Crippen LogP contribution in [-0.2, 0) is 6.61 Å². The average molecular weight is 277 g/mol. The predicted molar refractivity (Wildman–Crippen MR) is 71.6 cm³/mol. The number of hydrazine groups is 1. The van der Waals surface area contributed by atoms with Crippen LogP contribution in [0, 0.1) is 15.9 Å². The van der Waals surface area contributed by atoms with Gasteiger partial charge in [-0.05, 0) is 23.8 Å². The molecule has 0 bridgehead atoms. The van der Waals surface area contributed by atoms with E-state index in [-0.39, 0.29) is 23.9 Å². The van der Waals surface area contributed by atoms with Crippen molar-refractivity contribution in [3.8, 4) is 5.75 Å². The van der Waals surface area contributed by atoms with Crippen molar-refractivity contribution in [1.29, 1.82) is 0 Å². The molecule has 0 aromatic heterocycles. The van der Waals surface area contributed by atoms with Gasteiger partial charge in [-0.2, -0.15) is 0 Å². The molecule has 2 aromatic rings. The zero-order chi connectivity index (χ0) is 14.5. The van der Waals surface area contributed by atoms with Gasteiger partial charge in [-0.15, -0.1) is 0 Å². The molecular formula is C13H12FN3O3. The second-order valence-corrected chi connectivity index (χ2v) is 4.00. The van der Waals surface area contributed by atoms with E-state index in [1.807, 2.05) is 0 Å². The van der Waals surface area contributed by atoms with Crippen LogP contribution in [-0.4, -0.2) is 4.92 Å². The van der Waals surface area contributed by atoms with E-state index in [0.29, 0.717) is 11.3 Å². The molecule has 0 saturated carbocycles. The van der Waals surface area contributed by atoms with E-state index >= 15 is 0 Å². The summed E-state index contributed by atoms with van der Waals surface area (Å²) >= 11 is 0. The van der Waals surface area contributed by atoms with E-state index in [9.17, 15) is 14.5 Å². The van der Waals surface area contributed by atoms with Crippen LogP contribution in [0.5, 0.6) is 5.75 Å². The summed E-state index contributed by atoms with van der Waals surface area (Å²) in [5, 5.41) is 10.9. The van der Waals surface area contributed by atoms with Gasteiger partial charge in [0, 0.05) is 12.1 Å². The first kappa shape index (κ1) is 13.8. The van der Waals surface area contributed by atoms with Gasteiger partial charge >= 0.3 is 5.69 Å². The number of hydrogen-bond acceptors (Lipinski definition) is 5. The number of nitrogens with two attached hydrogens (primary N) is 1. The van der Waals surface area contributed by atoms with Gasteiger partial charge in [-0.25, -0.2) is 4.39 Å². The highest BCUT2D eigenvalue weighted by atomic mass is 19.1. The fourth-order valence-corrected chi connectivity index (χ4v) is 1.61. The molecule has 2 aromatic carbocycles. The summed E-state index contributed by atoms with van der Waals surface area (Å²) in [4.78, 5) is 10.4. The van der Waals surface area contributed by atoms with Gasteiger partial charge in [0.1, 0.15) is 12.4 Å². The number of benzene rings is 2. The molecule has 7 heteroatoms. The molecule has 0 amide bonds. The lowest BCUT2D eigenvalue weighted by molar-refractivity contribution is -0.385. The maximum absolute atomic E-state index is 12.8. The summed E-state index contributed by atoms with van der Waals surface area (Å²) in [6.07, 6.45) is 0. The van der Waals surface area contributed by atoms with Crippen molar-refractivity contribution in [3.63, 3.8) is 0 Å². The van der Waals surface area contributed by atoms with Crippen molar-refractivity contribution in [2.24, 2.45) is 5.84 Å². The van der Waals surface area contributed by atoms with Crippen molar-refractivity contribution < 1.29 is 14.1 Å². The van der Waals surface area contributed by atoms with Gasteiger partial charge < -0.3 is 10.2 Å². The third-order valence-electron chi connectivity index (χ3n) is 2.63. The number of nitrogen functional groups attached to an aromatic ring is 1. The number of nitro benzene ring substituents is 1. The van der Waals surface area contributed by atoms with Crippen molar-refractivity contribution in [1.82, 2.24) is 0 Å².